The molecule has 0 unspecified atom stereocenters. The normalized spacial score (nSPS) is 10.0. The Hall–Kier alpha value is -2.69. The van der Waals surface area contributed by atoms with E-state index in [1.807, 2.05) is 13.0 Å². The van der Waals surface area contributed by atoms with Crippen LogP contribution in [0.5, 0.6) is 11.5 Å². The van der Waals surface area contributed by atoms with Crippen molar-refractivity contribution in [2.24, 2.45) is 0 Å². The predicted molar refractivity (Wildman–Crippen MR) is 82.7 cm³/mol. The van der Waals surface area contributed by atoms with Gasteiger partial charge in [0, 0.05) is 0 Å². The molecule has 0 aromatic heterocycles. The maximum absolute atomic E-state index is 11.8. The lowest BCUT2D eigenvalue weighted by molar-refractivity contribution is -0.118. The molecular formula is C16H18N2O3. The van der Waals surface area contributed by atoms with Gasteiger partial charge in [-0.25, -0.2) is 0 Å². The van der Waals surface area contributed by atoms with Crippen LogP contribution >= 0.6 is 0 Å². The molecule has 0 atom stereocenters. The zero-order valence-corrected chi connectivity index (χ0v) is 12.1. The van der Waals surface area contributed by atoms with Crippen molar-refractivity contribution in [3.05, 3.63) is 48.0 Å². The van der Waals surface area contributed by atoms with Crippen molar-refractivity contribution in [3.63, 3.8) is 0 Å². The number of carbonyl (C=O) groups excluding carboxylic acids is 1. The van der Waals surface area contributed by atoms with E-state index in [2.05, 4.69) is 5.32 Å². The maximum Gasteiger partial charge on any atom is 0.262 e. The Kier molecular flexibility index (Phi) is 4.66. The fourth-order valence-electron chi connectivity index (χ4n) is 1.80. The zero-order valence-electron chi connectivity index (χ0n) is 12.1. The van der Waals surface area contributed by atoms with Crippen LogP contribution in [0.15, 0.2) is 42.5 Å². The SMILES string of the molecule is COc1ccc(OCC(=O)Nc2ccc(C)cc2N)cc1. The van der Waals surface area contributed by atoms with Gasteiger partial charge in [0.25, 0.3) is 5.91 Å². The van der Waals surface area contributed by atoms with Crippen molar-refractivity contribution in [1.82, 2.24) is 0 Å². The molecule has 2 rings (SSSR count). The van der Waals surface area contributed by atoms with E-state index in [0.29, 0.717) is 17.1 Å². The van der Waals surface area contributed by atoms with Crippen molar-refractivity contribution in [2.75, 3.05) is 24.8 Å². The summed E-state index contributed by atoms with van der Waals surface area (Å²) >= 11 is 0. The van der Waals surface area contributed by atoms with Gasteiger partial charge in [-0.1, -0.05) is 6.07 Å². The van der Waals surface area contributed by atoms with Crippen molar-refractivity contribution < 1.29 is 14.3 Å². The molecule has 110 valence electrons. The van der Waals surface area contributed by atoms with Crippen LogP contribution in [-0.4, -0.2) is 19.6 Å². The molecule has 0 bridgehead atoms. The summed E-state index contributed by atoms with van der Waals surface area (Å²) in [6, 6.07) is 12.5. The molecule has 0 radical (unpaired) electrons. The predicted octanol–water partition coefficient (Wildman–Crippen LogP) is 2.60. The lowest BCUT2D eigenvalue weighted by atomic mass is 10.2. The summed E-state index contributed by atoms with van der Waals surface area (Å²) < 4.78 is 10.4. The number of nitrogen functional groups attached to an aromatic ring is 1. The molecule has 2 aromatic rings. The number of nitrogens with one attached hydrogen (secondary N) is 1. The first-order chi connectivity index (χ1) is 10.1. The van der Waals surface area contributed by atoms with Gasteiger partial charge in [-0.05, 0) is 48.9 Å². The summed E-state index contributed by atoms with van der Waals surface area (Å²) in [5.41, 5.74) is 8.00. The number of carbonyl (C=O) groups is 1. The molecule has 0 heterocycles. The minimum Gasteiger partial charge on any atom is -0.497 e. The number of benzene rings is 2. The molecule has 0 saturated heterocycles. The molecule has 3 N–H and O–H groups in total. The van der Waals surface area contributed by atoms with Gasteiger partial charge in [0.15, 0.2) is 6.61 Å². The summed E-state index contributed by atoms with van der Waals surface area (Å²) in [6.45, 7) is 1.86. The molecule has 0 spiro atoms. The molecule has 2 aromatic carbocycles. The van der Waals surface area contributed by atoms with Crippen LogP contribution in [0, 0.1) is 6.92 Å². The number of ether oxygens (including phenoxy) is 2. The molecule has 0 fully saturated rings. The first-order valence-electron chi connectivity index (χ1n) is 6.51. The average molecular weight is 286 g/mol. The highest BCUT2D eigenvalue weighted by atomic mass is 16.5. The third-order valence-corrected chi connectivity index (χ3v) is 2.91. The third kappa shape index (κ3) is 4.14. The van der Waals surface area contributed by atoms with Gasteiger partial charge in [0.05, 0.1) is 18.5 Å². The van der Waals surface area contributed by atoms with Crippen molar-refractivity contribution in [1.29, 1.82) is 0 Å². The Labute approximate surface area is 123 Å². The Morgan fingerprint density at radius 1 is 1.14 bits per heavy atom. The van der Waals surface area contributed by atoms with Gasteiger partial charge in [-0.2, -0.15) is 0 Å². The van der Waals surface area contributed by atoms with Gasteiger partial charge in [-0.3, -0.25) is 4.79 Å². The molecule has 1 amide bonds. The van der Waals surface area contributed by atoms with Crippen LogP contribution in [0.1, 0.15) is 5.56 Å². The Morgan fingerprint density at radius 3 is 2.43 bits per heavy atom. The number of nitrogens with two attached hydrogens (primary N) is 1. The van der Waals surface area contributed by atoms with Crippen LogP contribution in [0.25, 0.3) is 0 Å². The minimum atomic E-state index is -0.263. The highest BCUT2D eigenvalue weighted by molar-refractivity contribution is 5.94. The first kappa shape index (κ1) is 14.7. The number of methoxy groups -OCH3 is 1. The van der Waals surface area contributed by atoms with E-state index in [-0.39, 0.29) is 12.5 Å². The van der Waals surface area contributed by atoms with E-state index in [9.17, 15) is 4.79 Å². The Balaban J connectivity index is 1.89. The van der Waals surface area contributed by atoms with Crippen LogP contribution in [-0.2, 0) is 4.79 Å². The van der Waals surface area contributed by atoms with E-state index < -0.39 is 0 Å². The molecule has 5 heteroatoms. The van der Waals surface area contributed by atoms with E-state index in [4.69, 9.17) is 15.2 Å². The standard InChI is InChI=1S/C16H18N2O3/c1-11-3-8-15(14(17)9-11)18-16(19)10-21-13-6-4-12(20-2)5-7-13/h3-9H,10,17H2,1-2H3,(H,18,19). The summed E-state index contributed by atoms with van der Waals surface area (Å²) in [5.74, 6) is 1.07. The van der Waals surface area contributed by atoms with Crippen molar-refractivity contribution in [3.8, 4) is 11.5 Å². The molecular weight excluding hydrogens is 268 g/mol. The number of rotatable bonds is 5. The molecule has 0 aliphatic carbocycles. The van der Waals surface area contributed by atoms with Gasteiger partial charge in [0.2, 0.25) is 0 Å². The van der Waals surface area contributed by atoms with Gasteiger partial charge in [0.1, 0.15) is 11.5 Å². The Morgan fingerprint density at radius 2 is 1.81 bits per heavy atom. The fraction of sp³-hybridized carbons (Fsp3) is 0.188. The van der Waals surface area contributed by atoms with Gasteiger partial charge < -0.3 is 20.5 Å². The lowest BCUT2D eigenvalue weighted by Gasteiger charge is -2.10. The van der Waals surface area contributed by atoms with Crippen molar-refractivity contribution in [2.45, 2.75) is 6.92 Å². The number of hydrogen-bond acceptors (Lipinski definition) is 4. The second-order valence-corrected chi connectivity index (χ2v) is 4.60. The van der Waals surface area contributed by atoms with Gasteiger partial charge in [-0.15, -0.1) is 0 Å². The van der Waals surface area contributed by atoms with Crippen LogP contribution < -0.4 is 20.5 Å². The first-order valence-corrected chi connectivity index (χ1v) is 6.51. The summed E-state index contributed by atoms with van der Waals surface area (Å²) in [7, 11) is 1.59. The molecule has 5 nitrogen and oxygen atoms in total. The Bertz CT molecular complexity index is 624. The summed E-state index contributed by atoms with van der Waals surface area (Å²) in [6.07, 6.45) is 0. The molecule has 0 aliphatic heterocycles. The molecule has 0 saturated carbocycles. The summed E-state index contributed by atoms with van der Waals surface area (Å²) in [4.78, 5) is 11.8. The van der Waals surface area contributed by atoms with E-state index in [1.165, 1.54) is 0 Å². The average Bonchev–Trinajstić information content (AvgIpc) is 2.48. The summed E-state index contributed by atoms with van der Waals surface area (Å²) in [5, 5.41) is 2.72. The smallest absolute Gasteiger partial charge is 0.262 e. The van der Waals surface area contributed by atoms with Crippen LogP contribution in [0.4, 0.5) is 11.4 Å². The second kappa shape index (κ2) is 6.65. The molecule has 0 aliphatic rings. The minimum absolute atomic E-state index is 0.0837. The largest absolute Gasteiger partial charge is 0.497 e. The number of anilines is 2. The lowest BCUT2D eigenvalue weighted by Crippen LogP contribution is -2.20. The van der Waals surface area contributed by atoms with Crippen LogP contribution in [0.3, 0.4) is 0 Å². The highest BCUT2D eigenvalue weighted by Crippen LogP contribution is 2.20. The van der Waals surface area contributed by atoms with Gasteiger partial charge >= 0.3 is 0 Å². The van der Waals surface area contributed by atoms with Crippen LogP contribution in [0.2, 0.25) is 0 Å². The maximum atomic E-state index is 11.8. The highest BCUT2D eigenvalue weighted by Gasteiger charge is 2.06. The quantitative estimate of drug-likeness (QED) is 0.829. The van der Waals surface area contributed by atoms with E-state index in [0.717, 1.165) is 11.3 Å². The third-order valence-electron chi connectivity index (χ3n) is 2.91. The number of hydrogen-bond donors (Lipinski definition) is 2. The van der Waals surface area contributed by atoms with E-state index >= 15 is 0 Å². The van der Waals surface area contributed by atoms with Crippen molar-refractivity contribution >= 4 is 17.3 Å². The van der Waals surface area contributed by atoms with E-state index in [1.54, 1.807) is 43.5 Å². The zero-order chi connectivity index (χ0) is 15.2. The fourth-order valence-corrected chi connectivity index (χ4v) is 1.80. The monoisotopic (exact) mass is 286 g/mol. The topological polar surface area (TPSA) is 73.6 Å². The number of amides is 1. The number of aryl methyl sites for hydroxylation is 1. The molecule has 21 heavy (non-hydrogen) atoms. The second-order valence-electron chi connectivity index (χ2n) is 4.60.